The fourth-order valence-corrected chi connectivity index (χ4v) is 1.86. The van der Waals surface area contributed by atoms with Crippen molar-refractivity contribution in [3.05, 3.63) is 42.5 Å². The highest BCUT2D eigenvalue weighted by Crippen LogP contribution is 2.17. The largest absolute Gasteiger partial charge is 0.483 e. The monoisotopic (exact) mass is 291 g/mol. The van der Waals surface area contributed by atoms with Gasteiger partial charge in [0.25, 0.3) is 5.91 Å². The number of rotatable bonds is 9. The average Bonchev–Trinajstić information content (AvgIpc) is 2.49. The van der Waals surface area contributed by atoms with Crippen molar-refractivity contribution in [3.8, 4) is 5.75 Å². The number of allylic oxidation sites excluding steroid dienone is 1. The van der Waals surface area contributed by atoms with Gasteiger partial charge in [-0.3, -0.25) is 4.79 Å². The van der Waals surface area contributed by atoms with Gasteiger partial charge in [-0.1, -0.05) is 31.2 Å². The molecule has 0 bridgehead atoms. The number of carboxylic acid groups (broad SMARTS) is 1. The van der Waals surface area contributed by atoms with E-state index in [1.165, 1.54) is 0 Å². The lowest BCUT2D eigenvalue weighted by molar-refractivity contribution is -0.142. The van der Waals surface area contributed by atoms with E-state index >= 15 is 0 Å². The Hall–Kier alpha value is -2.30. The number of hydrogen-bond acceptors (Lipinski definition) is 3. The van der Waals surface area contributed by atoms with E-state index in [1.807, 2.05) is 25.1 Å². The third-order valence-corrected chi connectivity index (χ3v) is 3.01. The Kier molecular flexibility index (Phi) is 7.01. The highest BCUT2D eigenvalue weighted by atomic mass is 16.5. The van der Waals surface area contributed by atoms with E-state index in [0.717, 1.165) is 12.0 Å². The van der Waals surface area contributed by atoms with Crippen LogP contribution in [-0.2, 0) is 16.0 Å². The summed E-state index contributed by atoms with van der Waals surface area (Å²) in [5.74, 6) is -0.857. The highest BCUT2D eigenvalue weighted by molar-refractivity contribution is 5.84. The Labute approximate surface area is 124 Å². The van der Waals surface area contributed by atoms with Crippen molar-refractivity contribution in [1.29, 1.82) is 0 Å². The number of carboxylic acids is 1. The SMILES string of the molecule is C=CCCC(NC(=O)COc1ccccc1CC)C(=O)O. The second-order valence-electron chi connectivity index (χ2n) is 4.57. The molecule has 0 fully saturated rings. The van der Waals surface area contributed by atoms with Gasteiger partial charge in [0.15, 0.2) is 6.61 Å². The molecule has 0 saturated heterocycles. The summed E-state index contributed by atoms with van der Waals surface area (Å²) >= 11 is 0. The summed E-state index contributed by atoms with van der Waals surface area (Å²) < 4.78 is 5.45. The molecule has 0 aliphatic carbocycles. The Morgan fingerprint density at radius 1 is 1.43 bits per heavy atom. The molecule has 5 nitrogen and oxygen atoms in total. The van der Waals surface area contributed by atoms with E-state index in [1.54, 1.807) is 12.1 Å². The molecular formula is C16H21NO4. The highest BCUT2D eigenvalue weighted by Gasteiger charge is 2.19. The molecule has 1 amide bonds. The van der Waals surface area contributed by atoms with Crippen molar-refractivity contribution in [2.75, 3.05) is 6.61 Å². The molecule has 21 heavy (non-hydrogen) atoms. The lowest BCUT2D eigenvalue weighted by atomic mass is 10.1. The number of nitrogens with one attached hydrogen (secondary N) is 1. The first-order chi connectivity index (χ1) is 10.1. The Morgan fingerprint density at radius 3 is 2.76 bits per heavy atom. The first kappa shape index (κ1) is 16.8. The van der Waals surface area contributed by atoms with Crippen LogP contribution in [0.4, 0.5) is 0 Å². The van der Waals surface area contributed by atoms with Gasteiger partial charge in [-0.05, 0) is 30.9 Å². The summed E-state index contributed by atoms with van der Waals surface area (Å²) in [7, 11) is 0. The molecule has 0 aliphatic heterocycles. The van der Waals surface area contributed by atoms with Crippen LogP contribution in [0.5, 0.6) is 5.75 Å². The quantitative estimate of drug-likeness (QED) is 0.684. The number of benzene rings is 1. The van der Waals surface area contributed by atoms with E-state index in [4.69, 9.17) is 9.84 Å². The van der Waals surface area contributed by atoms with Crippen LogP contribution in [-0.4, -0.2) is 29.6 Å². The zero-order chi connectivity index (χ0) is 15.7. The molecule has 5 heteroatoms. The van der Waals surface area contributed by atoms with Gasteiger partial charge in [0, 0.05) is 0 Å². The number of aliphatic carboxylic acids is 1. The lowest BCUT2D eigenvalue weighted by Gasteiger charge is -2.15. The molecule has 2 N–H and O–H groups in total. The number of carbonyl (C=O) groups is 2. The van der Waals surface area contributed by atoms with E-state index in [-0.39, 0.29) is 6.61 Å². The topological polar surface area (TPSA) is 75.6 Å². The minimum atomic E-state index is -1.06. The molecule has 0 saturated carbocycles. The Morgan fingerprint density at radius 2 is 2.14 bits per heavy atom. The zero-order valence-corrected chi connectivity index (χ0v) is 12.2. The molecule has 1 aromatic rings. The van der Waals surface area contributed by atoms with Crippen LogP contribution in [0.1, 0.15) is 25.3 Å². The molecule has 1 atom stereocenters. The molecule has 1 rings (SSSR count). The van der Waals surface area contributed by atoms with Crippen LogP contribution >= 0.6 is 0 Å². The van der Waals surface area contributed by atoms with Gasteiger partial charge >= 0.3 is 5.97 Å². The van der Waals surface area contributed by atoms with Gasteiger partial charge in [-0.15, -0.1) is 6.58 Å². The van der Waals surface area contributed by atoms with Gasteiger partial charge in [-0.2, -0.15) is 0 Å². The first-order valence-corrected chi connectivity index (χ1v) is 6.92. The Bertz CT molecular complexity index is 499. The second-order valence-corrected chi connectivity index (χ2v) is 4.57. The van der Waals surface area contributed by atoms with E-state index in [9.17, 15) is 9.59 Å². The summed E-state index contributed by atoms with van der Waals surface area (Å²) in [6, 6.07) is 6.54. The van der Waals surface area contributed by atoms with Crippen LogP contribution < -0.4 is 10.1 Å². The van der Waals surface area contributed by atoms with Gasteiger partial charge in [0.05, 0.1) is 0 Å². The summed E-state index contributed by atoms with van der Waals surface area (Å²) in [5, 5.41) is 11.5. The predicted molar refractivity (Wildman–Crippen MR) is 80.3 cm³/mol. The number of para-hydroxylation sites is 1. The van der Waals surface area contributed by atoms with Gasteiger partial charge in [-0.25, -0.2) is 4.79 Å². The van der Waals surface area contributed by atoms with Crippen molar-refractivity contribution < 1.29 is 19.4 Å². The van der Waals surface area contributed by atoms with E-state index < -0.39 is 17.9 Å². The third kappa shape index (κ3) is 5.69. The van der Waals surface area contributed by atoms with Crippen LogP contribution in [0.3, 0.4) is 0 Å². The number of ether oxygens (including phenoxy) is 1. The fourth-order valence-electron chi connectivity index (χ4n) is 1.86. The molecule has 0 aromatic heterocycles. The molecule has 114 valence electrons. The number of aryl methyl sites for hydroxylation is 1. The number of carbonyl (C=O) groups excluding carboxylic acids is 1. The molecule has 0 aliphatic rings. The van der Waals surface area contributed by atoms with Crippen molar-refractivity contribution in [3.63, 3.8) is 0 Å². The molecule has 0 heterocycles. The smallest absolute Gasteiger partial charge is 0.326 e. The molecular weight excluding hydrogens is 270 g/mol. The molecule has 0 radical (unpaired) electrons. The second kappa shape index (κ2) is 8.79. The van der Waals surface area contributed by atoms with Crippen LogP contribution in [0.25, 0.3) is 0 Å². The Balaban J connectivity index is 2.52. The minimum Gasteiger partial charge on any atom is -0.483 e. The first-order valence-electron chi connectivity index (χ1n) is 6.92. The van der Waals surface area contributed by atoms with Gasteiger partial charge < -0.3 is 15.2 Å². The van der Waals surface area contributed by atoms with Crippen molar-refractivity contribution >= 4 is 11.9 Å². The molecule has 1 unspecified atom stereocenters. The molecule has 1 aromatic carbocycles. The molecule has 0 spiro atoms. The minimum absolute atomic E-state index is 0.200. The summed E-state index contributed by atoms with van der Waals surface area (Å²) in [5.41, 5.74) is 1.01. The van der Waals surface area contributed by atoms with Gasteiger partial charge in [0.1, 0.15) is 11.8 Å². The van der Waals surface area contributed by atoms with E-state index in [0.29, 0.717) is 18.6 Å². The lowest BCUT2D eigenvalue weighted by Crippen LogP contribution is -2.42. The van der Waals surface area contributed by atoms with Crippen molar-refractivity contribution in [1.82, 2.24) is 5.32 Å². The van der Waals surface area contributed by atoms with Crippen LogP contribution in [0, 0.1) is 0 Å². The maximum absolute atomic E-state index is 11.8. The summed E-state index contributed by atoms with van der Waals surface area (Å²) in [6.45, 7) is 5.33. The van der Waals surface area contributed by atoms with Crippen molar-refractivity contribution in [2.45, 2.75) is 32.2 Å². The summed E-state index contributed by atoms with van der Waals surface area (Å²) in [6.07, 6.45) is 3.26. The predicted octanol–water partition coefficient (Wildman–Crippen LogP) is 2.16. The average molecular weight is 291 g/mol. The van der Waals surface area contributed by atoms with Crippen LogP contribution in [0.15, 0.2) is 36.9 Å². The fraction of sp³-hybridized carbons (Fsp3) is 0.375. The standard InChI is InChI=1S/C16H21NO4/c1-3-5-9-13(16(19)20)17-15(18)11-21-14-10-7-6-8-12(14)4-2/h3,6-8,10,13H,1,4-5,9,11H2,2H3,(H,17,18)(H,19,20). The third-order valence-electron chi connectivity index (χ3n) is 3.01. The van der Waals surface area contributed by atoms with Crippen molar-refractivity contribution in [2.24, 2.45) is 0 Å². The summed E-state index contributed by atoms with van der Waals surface area (Å²) in [4.78, 5) is 22.8. The van der Waals surface area contributed by atoms with Crippen LogP contribution in [0.2, 0.25) is 0 Å². The number of amides is 1. The zero-order valence-electron chi connectivity index (χ0n) is 12.2. The maximum atomic E-state index is 11.8. The number of hydrogen-bond donors (Lipinski definition) is 2. The normalized spacial score (nSPS) is 11.5. The maximum Gasteiger partial charge on any atom is 0.326 e. The van der Waals surface area contributed by atoms with E-state index in [2.05, 4.69) is 11.9 Å². The van der Waals surface area contributed by atoms with Gasteiger partial charge in [0.2, 0.25) is 0 Å².